The number of aliphatic hydroxyl groups is 1. The van der Waals surface area contributed by atoms with E-state index in [1.54, 1.807) is 13.8 Å². The number of likely N-dealkylation sites (tertiary alicyclic amines) is 1. The number of aryl methyl sites for hydroxylation is 1. The Kier molecular flexibility index (Phi) is 6.59. The molecule has 0 unspecified atom stereocenters. The van der Waals surface area contributed by atoms with E-state index >= 15 is 0 Å². The highest BCUT2D eigenvalue weighted by atomic mass is 16.3. The third kappa shape index (κ3) is 6.50. The summed E-state index contributed by atoms with van der Waals surface area (Å²) in [4.78, 5) is 25.7. The van der Waals surface area contributed by atoms with Crippen LogP contribution in [0.4, 0.5) is 0 Å². The number of amides is 2. The van der Waals surface area contributed by atoms with Crippen molar-refractivity contribution in [2.24, 2.45) is 11.7 Å². The van der Waals surface area contributed by atoms with Crippen LogP contribution in [0.25, 0.3) is 0 Å². The van der Waals surface area contributed by atoms with Crippen molar-refractivity contribution in [3.63, 3.8) is 0 Å². The highest BCUT2D eigenvalue weighted by molar-refractivity contribution is 5.94. The van der Waals surface area contributed by atoms with Gasteiger partial charge in [0.1, 0.15) is 0 Å². The number of hydrogen-bond acceptors (Lipinski definition) is 3. The lowest BCUT2D eigenvalue weighted by atomic mass is 9.92. The van der Waals surface area contributed by atoms with Gasteiger partial charge in [-0.3, -0.25) is 9.59 Å². The van der Waals surface area contributed by atoms with E-state index in [9.17, 15) is 14.7 Å². The molecular formula is C20H30N2O3. The number of hydrogen-bond donors (Lipinski definition) is 2. The fourth-order valence-corrected chi connectivity index (χ4v) is 3.32. The number of primary amides is 1. The second kappa shape index (κ2) is 8.48. The third-order valence-electron chi connectivity index (χ3n) is 4.80. The molecule has 1 atom stereocenters. The quantitative estimate of drug-likeness (QED) is 0.796. The lowest BCUT2D eigenvalue weighted by molar-refractivity contribution is -0.118. The Morgan fingerprint density at radius 1 is 1.36 bits per heavy atom. The van der Waals surface area contributed by atoms with Gasteiger partial charge in [-0.05, 0) is 69.6 Å². The zero-order valence-electron chi connectivity index (χ0n) is 15.3. The van der Waals surface area contributed by atoms with Crippen LogP contribution in [0.1, 0.15) is 61.9 Å². The molecule has 5 nitrogen and oxygen atoms in total. The second-order valence-electron chi connectivity index (χ2n) is 7.78. The van der Waals surface area contributed by atoms with Crippen LogP contribution in [0.15, 0.2) is 24.3 Å². The Labute approximate surface area is 150 Å². The second-order valence-corrected chi connectivity index (χ2v) is 7.78. The number of carbonyl (C=O) groups is 2. The maximum atomic E-state index is 12.8. The van der Waals surface area contributed by atoms with E-state index in [1.807, 2.05) is 29.2 Å². The van der Waals surface area contributed by atoms with Crippen molar-refractivity contribution in [2.45, 2.75) is 58.0 Å². The number of piperidine rings is 1. The molecule has 5 heteroatoms. The van der Waals surface area contributed by atoms with Gasteiger partial charge in [-0.15, -0.1) is 0 Å². The predicted molar refractivity (Wildman–Crippen MR) is 98.1 cm³/mol. The Bertz CT molecular complexity index is 607. The molecule has 0 spiro atoms. The van der Waals surface area contributed by atoms with Crippen molar-refractivity contribution in [1.82, 2.24) is 4.90 Å². The Morgan fingerprint density at radius 2 is 2.12 bits per heavy atom. The Balaban J connectivity index is 1.98. The van der Waals surface area contributed by atoms with E-state index in [0.29, 0.717) is 30.9 Å². The van der Waals surface area contributed by atoms with E-state index in [1.165, 1.54) is 0 Å². The van der Waals surface area contributed by atoms with Crippen molar-refractivity contribution in [3.8, 4) is 0 Å². The summed E-state index contributed by atoms with van der Waals surface area (Å²) >= 11 is 0. The molecule has 2 rings (SSSR count). The topological polar surface area (TPSA) is 83.6 Å². The minimum atomic E-state index is -0.708. The summed E-state index contributed by atoms with van der Waals surface area (Å²) < 4.78 is 0. The maximum absolute atomic E-state index is 12.8. The summed E-state index contributed by atoms with van der Waals surface area (Å²) in [5.74, 6) is 0.125. The van der Waals surface area contributed by atoms with Gasteiger partial charge in [0.2, 0.25) is 5.91 Å². The fourth-order valence-electron chi connectivity index (χ4n) is 3.32. The van der Waals surface area contributed by atoms with Crippen LogP contribution in [-0.2, 0) is 11.2 Å². The lowest BCUT2D eigenvalue weighted by Crippen LogP contribution is -2.40. The first-order valence-electron chi connectivity index (χ1n) is 9.13. The molecule has 0 bridgehead atoms. The van der Waals surface area contributed by atoms with Crippen LogP contribution in [0.2, 0.25) is 0 Å². The molecule has 0 aromatic heterocycles. The highest BCUT2D eigenvalue weighted by Crippen LogP contribution is 2.23. The molecule has 138 valence electrons. The van der Waals surface area contributed by atoms with Gasteiger partial charge in [-0.1, -0.05) is 12.1 Å². The molecular weight excluding hydrogens is 316 g/mol. The first-order valence-corrected chi connectivity index (χ1v) is 9.13. The predicted octanol–water partition coefficient (Wildman–Crippen LogP) is 2.51. The number of benzene rings is 1. The van der Waals surface area contributed by atoms with E-state index in [-0.39, 0.29) is 11.8 Å². The minimum absolute atomic E-state index is 0.0499. The Hall–Kier alpha value is -1.88. The molecule has 2 amide bonds. The van der Waals surface area contributed by atoms with Gasteiger partial charge >= 0.3 is 0 Å². The van der Waals surface area contributed by atoms with Gasteiger partial charge in [-0.25, -0.2) is 0 Å². The smallest absolute Gasteiger partial charge is 0.253 e. The molecule has 0 saturated carbocycles. The molecule has 0 radical (unpaired) electrons. The fraction of sp³-hybridized carbons (Fsp3) is 0.600. The van der Waals surface area contributed by atoms with Crippen LogP contribution >= 0.6 is 0 Å². The van der Waals surface area contributed by atoms with E-state index in [0.717, 1.165) is 37.8 Å². The average Bonchev–Trinajstić information content (AvgIpc) is 2.57. The molecule has 1 aliphatic rings. The highest BCUT2D eigenvalue weighted by Gasteiger charge is 2.25. The van der Waals surface area contributed by atoms with Crippen LogP contribution in [-0.4, -0.2) is 40.5 Å². The molecule has 1 fully saturated rings. The third-order valence-corrected chi connectivity index (χ3v) is 4.80. The van der Waals surface area contributed by atoms with Gasteiger partial charge < -0.3 is 15.7 Å². The van der Waals surface area contributed by atoms with Crippen LogP contribution < -0.4 is 5.73 Å². The summed E-state index contributed by atoms with van der Waals surface area (Å²) in [6.45, 7) is 5.05. The van der Waals surface area contributed by atoms with Gasteiger partial charge in [0, 0.05) is 25.1 Å². The van der Waals surface area contributed by atoms with E-state index < -0.39 is 5.60 Å². The molecule has 3 N–H and O–H groups in total. The molecule has 1 aromatic carbocycles. The number of nitrogens with two attached hydrogens (primary N) is 1. The molecule has 1 heterocycles. The van der Waals surface area contributed by atoms with Crippen molar-refractivity contribution in [3.05, 3.63) is 35.4 Å². The van der Waals surface area contributed by atoms with Crippen molar-refractivity contribution < 1.29 is 14.7 Å². The summed E-state index contributed by atoms with van der Waals surface area (Å²) in [5, 5.41) is 9.87. The number of rotatable bonds is 7. The van der Waals surface area contributed by atoms with Gasteiger partial charge in [-0.2, -0.15) is 0 Å². The van der Waals surface area contributed by atoms with Crippen LogP contribution in [0.5, 0.6) is 0 Å². The average molecular weight is 346 g/mol. The van der Waals surface area contributed by atoms with Crippen molar-refractivity contribution in [2.75, 3.05) is 13.1 Å². The summed E-state index contributed by atoms with van der Waals surface area (Å²) in [5.41, 5.74) is 6.29. The van der Waals surface area contributed by atoms with Crippen molar-refractivity contribution in [1.29, 1.82) is 0 Å². The van der Waals surface area contributed by atoms with Gasteiger partial charge in [0.15, 0.2) is 0 Å². The van der Waals surface area contributed by atoms with E-state index in [4.69, 9.17) is 5.73 Å². The maximum Gasteiger partial charge on any atom is 0.253 e. The Morgan fingerprint density at radius 3 is 2.80 bits per heavy atom. The first-order chi connectivity index (χ1) is 11.7. The minimum Gasteiger partial charge on any atom is -0.390 e. The largest absolute Gasteiger partial charge is 0.390 e. The van der Waals surface area contributed by atoms with E-state index in [2.05, 4.69) is 0 Å². The molecule has 1 aromatic rings. The molecule has 25 heavy (non-hydrogen) atoms. The number of nitrogens with zero attached hydrogens (tertiary/aromatic N) is 1. The summed E-state index contributed by atoms with van der Waals surface area (Å²) in [6.07, 6.45) is 4.55. The standard InChI is InChI=1S/C20H30N2O3/c1-20(2,25)11-10-15-5-3-7-17(13-15)19(24)22-12-4-6-16(14-22)8-9-18(21)23/h3,5,7,13,16,25H,4,6,8-12,14H2,1-2H3,(H2,21,23)/t16-/m1/s1. The van der Waals surface area contributed by atoms with Crippen LogP contribution in [0.3, 0.4) is 0 Å². The monoisotopic (exact) mass is 346 g/mol. The lowest BCUT2D eigenvalue weighted by Gasteiger charge is -2.33. The first kappa shape index (κ1) is 19.4. The van der Waals surface area contributed by atoms with Crippen LogP contribution in [0, 0.1) is 5.92 Å². The SMILES string of the molecule is CC(C)(O)CCc1cccc(C(=O)N2CCC[C@H](CCC(N)=O)C2)c1. The van der Waals surface area contributed by atoms with Gasteiger partial charge in [0.25, 0.3) is 5.91 Å². The zero-order chi connectivity index (χ0) is 18.4. The molecule has 1 aliphatic heterocycles. The normalized spacial score (nSPS) is 18.2. The molecule has 1 saturated heterocycles. The number of carbonyl (C=O) groups excluding carboxylic acids is 2. The van der Waals surface area contributed by atoms with Gasteiger partial charge in [0.05, 0.1) is 5.60 Å². The zero-order valence-corrected chi connectivity index (χ0v) is 15.3. The molecule has 0 aliphatic carbocycles. The summed E-state index contributed by atoms with van der Waals surface area (Å²) in [6, 6.07) is 7.68. The summed E-state index contributed by atoms with van der Waals surface area (Å²) in [7, 11) is 0. The van der Waals surface area contributed by atoms with Crippen molar-refractivity contribution >= 4 is 11.8 Å².